The van der Waals surface area contributed by atoms with E-state index in [-0.39, 0.29) is 0 Å². The topological polar surface area (TPSA) is 47.3 Å². The van der Waals surface area contributed by atoms with Gasteiger partial charge in [0.1, 0.15) is 12.7 Å². The lowest BCUT2D eigenvalue weighted by molar-refractivity contribution is 0.0558. The second kappa shape index (κ2) is 1.98. The van der Waals surface area contributed by atoms with Crippen molar-refractivity contribution in [2.75, 3.05) is 6.61 Å². The van der Waals surface area contributed by atoms with E-state index in [4.69, 9.17) is 9.84 Å². The molecule has 1 atom stereocenters. The lowest BCUT2D eigenvalue weighted by Gasteiger charge is -2.19. The van der Waals surface area contributed by atoms with Gasteiger partial charge in [0, 0.05) is 6.07 Å². The van der Waals surface area contributed by atoms with Crippen LogP contribution in [0.2, 0.25) is 0 Å². The summed E-state index contributed by atoms with van der Waals surface area (Å²) in [6, 6.07) is 1.78. The van der Waals surface area contributed by atoms with E-state index in [2.05, 4.69) is 5.10 Å². The van der Waals surface area contributed by atoms with Crippen LogP contribution in [0.3, 0.4) is 0 Å². The number of aliphatic hydroxyl groups excluding tert-OH is 1. The standard InChI is InChI=1S/C6H8N2O2/c9-5-3-8-6(10-4-5)1-2-7-8/h1-2,5,9H,3-4H2/t5-/m0/s1. The Hall–Kier alpha value is -1.03. The van der Waals surface area contributed by atoms with Gasteiger partial charge in [0.05, 0.1) is 12.7 Å². The van der Waals surface area contributed by atoms with Crippen molar-refractivity contribution in [2.45, 2.75) is 12.6 Å². The molecule has 0 amide bonds. The van der Waals surface area contributed by atoms with Crippen molar-refractivity contribution in [1.82, 2.24) is 9.78 Å². The molecule has 1 N–H and O–H groups in total. The Bertz CT molecular complexity index is 233. The van der Waals surface area contributed by atoms with Crippen LogP contribution in [0, 0.1) is 0 Å². The SMILES string of the molecule is O[C@@H]1COc2ccnn2C1. The molecule has 0 saturated carbocycles. The summed E-state index contributed by atoms with van der Waals surface area (Å²) in [5, 5.41) is 13.0. The highest BCUT2D eigenvalue weighted by Gasteiger charge is 2.16. The molecular weight excluding hydrogens is 132 g/mol. The van der Waals surface area contributed by atoms with Gasteiger partial charge in [-0.2, -0.15) is 5.10 Å². The summed E-state index contributed by atoms with van der Waals surface area (Å²) in [4.78, 5) is 0. The lowest BCUT2D eigenvalue weighted by atomic mass is 10.3. The van der Waals surface area contributed by atoms with Gasteiger partial charge >= 0.3 is 0 Å². The second-order valence-electron chi connectivity index (χ2n) is 2.32. The Morgan fingerprint density at radius 3 is 3.60 bits per heavy atom. The third-order valence-electron chi connectivity index (χ3n) is 1.48. The predicted octanol–water partition coefficient (Wildman–Crippen LogP) is -0.364. The smallest absolute Gasteiger partial charge is 0.211 e. The van der Waals surface area contributed by atoms with E-state index in [1.54, 1.807) is 16.9 Å². The van der Waals surface area contributed by atoms with Crippen LogP contribution in [-0.2, 0) is 6.54 Å². The Morgan fingerprint density at radius 2 is 2.70 bits per heavy atom. The number of fused-ring (bicyclic) bond motifs is 1. The number of hydrogen-bond donors (Lipinski definition) is 1. The number of hydrogen-bond acceptors (Lipinski definition) is 3. The van der Waals surface area contributed by atoms with E-state index >= 15 is 0 Å². The van der Waals surface area contributed by atoms with Crippen molar-refractivity contribution in [3.8, 4) is 5.88 Å². The molecule has 1 aromatic heterocycles. The molecular formula is C6H8N2O2. The molecule has 4 heteroatoms. The first-order valence-electron chi connectivity index (χ1n) is 3.19. The van der Waals surface area contributed by atoms with E-state index in [0.717, 1.165) is 5.88 Å². The Labute approximate surface area is 58.0 Å². The van der Waals surface area contributed by atoms with Crippen LogP contribution in [0.15, 0.2) is 12.3 Å². The summed E-state index contributed by atoms with van der Waals surface area (Å²) in [5.41, 5.74) is 0. The van der Waals surface area contributed by atoms with Crippen LogP contribution in [-0.4, -0.2) is 27.6 Å². The highest BCUT2D eigenvalue weighted by Crippen LogP contribution is 2.14. The van der Waals surface area contributed by atoms with Crippen LogP contribution in [0.25, 0.3) is 0 Å². The van der Waals surface area contributed by atoms with Gasteiger partial charge in [0.2, 0.25) is 5.88 Å². The maximum absolute atomic E-state index is 9.09. The van der Waals surface area contributed by atoms with Crippen LogP contribution >= 0.6 is 0 Å². The normalized spacial score (nSPS) is 23.5. The van der Waals surface area contributed by atoms with E-state index in [9.17, 15) is 0 Å². The third kappa shape index (κ3) is 0.769. The number of rotatable bonds is 0. The highest BCUT2D eigenvalue weighted by atomic mass is 16.5. The number of ether oxygens (including phenoxy) is 1. The van der Waals surface area contributed by atoms with E-state index in [1.165, 1.54) is 0 Å². The molecule has 2 rings (SSSR count). The minimum absolute atomic E-state index is 0.381. The average Bonchev–Trinajstić information content (AvgIpc) is 2.33. The van der Waals surface area contributed by atoms with Gasteiger partial charge in [-0.15, -0.1) is 0 Å². The molecule has 0 spiro atoms. The zero-order chi connectivity index (χ0) is 6.97. The molecule has 2 heterocycles. The first kappa shape index (κ1) is 5.73. The van der Waals surface area contributed by atoms with Crippen molar-refractivity contribution in [3.05, 3.63) is 12.3 Å². The summed E-state index contributed by atoms with van der Waals surface area (Å²) in [7, 11) is 0. The number of aromatic nitrogens is 2. The summed E-state index contributed by atoms with van der Waals surface area (Å²) in [6.45, 7) is 0.925. The minimum atomic E-state index is -0.410. The van der Waals surface area contributed by atoms with Gasteiger partial charge in [0.25, 0.3) is 0 Å². The summed E-state index contributed by atoms with van der Waals surface area (Å²) in [5.74, 6) is 0.741. The largest absolute Gasteiger partial charge is 0.475 e. The van der Waals surface area contributed by atoms with Crippen LogP contribution in [0.4, 0.5) is 0 Å². The zero-order valence-electron chi connectivity index (χ0n) is 5.40. The maximum Gasteiger partial charge on any atom is 0.211 e. The van der Waals surface area contributed by atoms with Gasteiger partial charge in [0.15, 0.2) is 0 Å². The molecule has 4 nitrogen and oxygen atoms in total. The molecule has 0 aromatic carbocycles. The predicted molar refractivity (Wildman–Crippen MR) is 33.7 cm³/mol. The second-order valence-corrected chi connectivity index (χ2v) is 2.32. The van der Waals surface area contributed by atoms with Crippen molar-refractivity contribution in [1.29, 1.82) is 0 Å². The fourth-order valence-corrected chi connectivity index (χ4v) is 1.01. The van der Waals surface area contributed by atoms with E-state index in [1.807, 2.05) is 0 Å². The van der Waals surface area contributed by atoms with Gasteiger partial charge in [-0.1, -0.05) is 0 Å². The van der Waals surface area contributed by atoms with Crippen LogP contribution in [0.1, 0.15) is 0 Å². The molecule has 1 aliphatic heterocycles. The molecule has 1 aromatic rings. The zero-order valence-corrected chi connectivity index (χ0v) is 5.40. The van der Waals surface area contributed by atoms with Crippen molar-refractivity contribution in [3.63, 3.8) is 0 Å². The van der Waals surface area contributed by atoms with Crippen LogP contribution < -0.4 is 4.74 Å². The average molecular weight is 140 g/mol. The van der Waals surface area contributed by atoms with Crippen molar-refractivity contribution < 1.29 is 9.84 Å². The minimum Gasteiger partial charge on any atom is -0.475 e. The lowest BCUT2D eigenvalue weighted by Crippen LogP contribution is -2.29. The first-order chi connectivity index (χ1) is 4.86. The fourth-order valence-electron chi connectivity index (χ4n) is 1.01. The fraction of sp³-hybridized carbons (Fsp3) is 0.500. The van der Waals surface area contributed by atoms with Gasteiger partial charge < -0.3 is 9.84 Å². The third-order valence-corrected chi connectivity index (χ3v) is 1.48. The Morgan fingerprint density at radius 1 is 1.80 bits per heavy atom. The molecule has 0 unspecified atom stereocenters. The van der Waals surface area contributed by atoms with E-state index in [0.29, 0.717) is 13.2 Å². The summed E-state index contributed by atoms with van der Waals surface area (Å²) >= 11 is 0. The molecule has 0 fully saturated rings. The molecule has 0 bridgehead atoms. The van der Waals surface area contributed by atoms with Gasteiger partial charge in [-0.05, 0) is 0 Å². The van der Waals surface area contributed by atoms with Gasteiger partial charge in [-0.25, -0.2) is 4.68 Å². The summed E-state index contributed by atoms with van der Waals surface area (Å²) < 4.78 is 6.77. The summed E-state index contributed by atoms with van der Waals surface area (Å²) in [6.07, 6.45) is 1.25. The molecule has 10 heavy (non-hydrogen) atoms. The highest BCUT2D eigenvalue weighted by molar-refractivity contribution is 5.09. The monoisotopic (exact) mass is 140 g/mol. The van der Waals surface area contributed by atoms with Gasteiger partial charge in [-0.3, -0.25) is 0 Å². The first-order valence-corrected chi connectivity index (χ1v) is 3.19. The quantitative estimate of drug-likeness (QED) is 0.535. The Kier molecular flexibility index (Phi) is 1.14. The van der Waals surface area contributed by atoms with Crippen molar-refractivity contribution in [2.24, 2.45) is 0 Å². The number of nitrogens with zero attached hydrogens (tertiary/aromatic N) is 2. The molecule has 0 radical (unpaired) electrons. The molecule has 0 saturated heterocycles. The number of aliphatic hydroxyl groups is 1. The molecule has 0 aliphatic carbocycles. The van der Waals surface area contributed by atoms with Crippen LogP contribution in [0.5, 0.6) is 5.88 Å². The molecule has 1 aliphatic rings. The maximum atomic E-state index is 9.09. The van der Waals surface area contributed by atoms with E-state index < -0.39 is 6.10 Å². The Balaban J connectivity index is 2.30. The van der Waals surface area contributed by atoms with Crippen molar-refractivity contribution >= 4 is 0 Å². The molecule has 54 valence electrons.